The van der Waals surface area contributed by atoms with Crippen LogP contribution in [-0.2, 0) is 11.3 Å². The smallest absolute Gasteiger partial charge is 0.349 e. The molecule has 1 amide bonds. The molecule has 1 N–H and O–H groups in total. The Hall–Kier alpha value is -3.60. The fraction of sp³-hybridized carbons (Fsp3) is 0.130. The van der Waals surface area contributed by atoms with Gasteiger partial charge >= 0.3 is 5.97 Å². The maximum absolute atomic E-state index is 12.3. The number of ether oxygens (including phenoxy) is 2. The quantitative estimate of drug-likeness (QED) is 0.502. The third-order valence-electron chi connectivity index (χ3n) is 3.97. The second-order valence-corrected chi connectivity index (χ2v) is 6.28. The summed E-state index contributed by atoms with van der Waals surface area (Å²) in [5, 5.41) is 2.84. The number of carbonyl (C=O) groups is 2. The van der Waals surface area contributed by atoms with Crippen molar-refractivity contribution in [1.29, 1.82) is 0 Å². The molecule has 0 aromatic heterocycles. The van der Waals surface area contributed by atoms with Crippen LogP contribution in [0.15, 0.2) is 78.9 Å². The molecule has 0 bridgehead atoms. The van der Waals surface area contributed by atoms with Crippen molar-refractivity contribution in [2.75, 3.05) is 6.61 Å². The molecule has 0 heterocycles. The van der Waals surface area contributed by atoms with Crippen molar-refractivity contribution in [3.05, 3.63) is 95.6 Å². The minimum atomic E-state index is -0.539. The minimum absolute atomic E-state index is 0.214. The predicted octanol–water partition coefficient (Wildman–Crippen LogP) is 3.91. The van der Waals surface area contributed by atoms with Gasteiger partial charge in [0.05, 0.1) is 0 Å². The van der Waals surface area contributed by atoms with Crippen molar-refractivity contribution >= 4 is 11.9 Å². The number of nitrogens with one attached hydrogen (secondary N) is 1. The molecule has 0 aliphatic carbocycles. The molecule has 0 spiro atoms. The molecule has 0 fully saturated rings. The van der Waals surface area contributed by atoms with E-state index in [1.807, 2.05) is 55.5 Å². The number of hydrogen-bond acceptors (Lipinski definition) is 4. The first-order valence-electron chi connectivity index (χ1n) is 8.92. The first kappa shape index (κ1) is 19.2. The van der Waals surface area contributed by atoms with E-state index in [1.165, 1.54) is 6.07 Å². The number of benzene rings is 3. The van der Waals surface area contributed by atoms with Crippen molar-refractivity contribution in [2.24, 2.45) is 0 Å². The summed E-state index contributed by atoms with van der Waals surface area (Å²) in [5.74, 6) is 0.123. The van der Waals surface area contributed by atoms with Crippen molar-refractivity contribution in [1.82, 2.24) is 5.32 Å². The molecule has 0 saturated heterocycles. The second kappa shape index (κ2) is 9.37. The van der Waals surface area contributed by atoms with Crippen molar-refractivity contribution in [3.8, 4) is 11.5 Å². The summed E-state index contributed by atoms with van der Waals surface area (Å²) in [6.07, 6.45) is 0. The van der Waals surface area contributed by atoms with Crippen LogP contribution in [0.4, 0.5) is 0 Å². The zero-order chi connectivity index (χ0) is 19.8. The van der Waals surface area contributed by atoms with E-state index in [0.717, 1.165) is 11.1 Å². The Morgan fingerprint density at radius 3 is 2.39 bits per heavy atom. The van der Waals surface area contributed by atoms with Crippen LogP contribution in [0.3, 0.4) is 0 Å². The average Bonchev–Trinajstić information content (AvgIpc) is 2.71. The Kier molecular flexibility index (Phi) is 6.41. The van der Waals surface area contributed by atoms with E-state index >= 15 is 0 Å². The lowest BCUT2D eigenvalue weighted by Crippen LogP contribution is -2.23. The van der Waals surface area contributed by atoms with Gasteiger partial charge in [-0.05, 0) is 48.4 Å². The summed E-state index contributed by atoms with van der Waals surface area (Å²) in [7, 11) is 0. The third kappa shape index (κ3) is 5.71. The van der Waals surface area contributed by atoms with E-state index in [1.54, 1.807) is 24.3 Å². The molecule has 0 atom stereocenters. The van der Waals surface area contributed by atoms with Crippen molar-refractivity contribution < 1.29 is 19.1 Å². The van der Waals surface area contributed by atoms with Gasteiger partial charge < -0.3 is 14.8 Å². The molecule has 0 saturated carbocycles. The zero-order valence-corrected chi connectivity index (χ0v) is 15.6. The van der Waals surface area contributed by atoms with E-state index < -0.39 is 5.97 Å². The van der Waals surface area contributed by atoms with Crippen molar-refractivity contribution in [2.45, 2.75) is 13.5 Å². The Morgan fingerprint density at radius 1 is 0.857 bits per heavy atom. The molecule has 3 aromatic carbocycles. The lowest BCUT2D eigenvalue weighted by Gasteiger charge is -2.09. The van der Waals surface area contributed by atoms with Crippen LogP contribution in [-0.4, -0.2) is 18.5 Å². The number of hydrogen-bond donors (Lipinski definition) is 1. The normalized spacial score (nSPS) is 10.2. The summed E-state index contributed by atoms with van der Waals surface area (Å²) in [6.45, 7) is 2.15. The van der Waals surface area contributed by atoms with Gasteiger partial charge in [0.2, 0.25) is 0 Å². The highest BCUT2D eigenvalue weighted by atomic mass is 16.6. The fourth-order valence-corrected chi connectivity index (χ4v) is 2.59. The summed E-state index contributed by atoms with van der Waals surface area (Å²) in [5.41, 5.74) is 2.47. The molecule has 3 aromatic rings. The number of rotatable bonds is 7. The van der Waals surface area contributed by atoms with Gasteiger partial charge in [-0.15, -0.1) is 0 Å². The summed E-state index contributed by atoms with van der Waals surface area (Å²) < 4.78 is 10.7. The highest BCUT2D eigenvalue weighted by molar-refractivity contribution is 5.94. The Morgan fingerprint density at radius 2 is 1.61 bits per heavy atom. The van der Waals surface area contributed by atoms with Gasteiger partial charge in [-0.25, -0.2) is 4.79 Å². The molecular formula is C23H21NO4. The van der Waals surface area contributed by atoms with Crippen LogP contribution in [0.1, 0.15) is 21.5 Å². The number of esters is 1. The van der Waals surface area contributed by atoms with Crippen LogP contribution < -0.4 is 14.8 Å². The number of carbonyl (C=O) groups excluding carboxylic acids is 2. The molecule has 28 heavy (non-hydrogen) atoms. The molecule has 0 unspecified atom stereocenters. The van der Waals surface area contributed by atoms with Gasteiger partial charge in [0.15, 0.2) is 6.61 Å². The van der Waals surface area contributed by atoms with Crippen LogP contribution in [0.2, 0.25) is 0 Å². The number of amides is 1. The summed E-state index contributed by atoms with van der Waals surface area (Å²) in [4.78, 5) is 24.3. The van der Waals surface area contributed by atoms with Gasteiger partial charge in [0, 0.05) is 12.1 Å². The fourth-order valence-electron chi connectivity index (χ4n) is 2.59. The van der Waals surface area contributed by atoms with Crippen LogP contribution in [0.5, 0.6) is 11.5 Å². The SMILES string of the molecule is Cc1cccc(OCC(=O)Oc2cccc(C(=O)NCc3ccccc3)c2)c1. The highest BCUT2D eigenvalue weighted by Gasteiger charge is 2.10. The minimum Gasteiger partial charge on any atom is -0.482 e. The van der Waals surface area contributed by atoms with Gasteiger partial charge in [-0.2, -0.15) is 0 Å². The van der Waals surface area contributed by atoms with Gasteiger partial charge in [0.1, 0.15) is 11.5 Å². The maximum Gasteiger partial charge on any atom is 0.349 e. The van der Waals surface area contributed by atoms with E-state index in [-0.39, 0.29) is 12.5 Å². The van der Waals surface area contributed by atoms with Crippen LogP contribution in [0.25, 0.3) is 0 Å². The molecule has 5 heteroatoms. The van der Waals surface area contributed by atoms with E-state index in [2.05, 4.69) is 5.32 Å². The van der Waals surface area contributed by atoms with Gasteiger partial charge in [-0.1, -0.05) is 48.5 Å². The Balaban J connectivity index is 1.53. The molecule has 3 rings (SSSR count). The standard InChI is InChI=1S/C23H21NO4/c1-17-7-5-11-20(13-17)27-16-22(25)28-21-12-6-10-19(14-21)23(26)24-15-18-8-3-2-4-9-18/h2-14H,15-16H2,1H3,(H,24,26). The van der Waals surface area contributed by atoms with Gasteiger partial charge in [0.25, 0.3) is 5.91 Å². The predicted molar refractivity (Wildman–Crippen MR) is 106 cm³/mol. The molecule has 5 nitrogen and oxygen atoms in total. The van der Waals surface area contributed by atoms with E-state index in [0.29, 0.717) is 23.6 Å². The summed E-state index contributed by atoms with van der Waals surface area (Å²) >= 11 is 0. The monoisotopic (exact) mass is 375 g/mol. The van der Waals surface area contributed by atoms with Crippen LogP contribution in [0, 0.1) is 6.92 Å². The largest absolute Gasteiger partial charge is 0.482 e. The number of aryl methyl sites for hydroxylation is 1. The lowest BCUT2D eigenvalue weighted by molar-refractivity contribution is -0.136. The van der Waals surface area contributed by atoms with E-state index in [9.17, 15) is 9.59 Å². The van der Waals surface area contributed by atoms with E-state index in [4.69, 9.17) is 9.47 Å². The molecule has 0 aliphatic heterocycles. The molecule has 0 aliphatic rings. The first-order valence-corrected chi connectivity index (χ1v) is 8.92. The maximum atomic E-state index is 12.3. The Bertz CT molecular complexity index is 954. The molecular weight excluding hydrogens is 354 g/mol. The average molecular weight is 375 g/mol. The summed E-state index contributed by atoms with van der Waals surface area (Å²) in [6, 6.07) is 23.5. The lowest BCUT2D eigenvalue weighted by atomic mass is 10.2. The van der Waals surface area contributed by atoms with Crippen molar-refractivity contribution in [3.63, 3.8) is 0 Å². The topological polar surface area (TPSA) is 64.6 Å². The van der Waals surface area contributed by atoms with Crippen LogP contribution >= 0.6 is 0 Å². The zero-order valence-electron chi connectivity index (χ0n) is 15.6. The third-order valence-corrected chi connectivity index (χ3v) is 3.97. The first-order chi connectivity index (χ1) is 13.6. The Labute approximate surface area is 163 Å². The highest BCUT2D eigenvalue weighted by Crippen LogP contribution is 2.15. The second-order valence-electron chi connectivity index (χ2n) is 6.28. The van der Waals surface area contributed by atoms with Gasteiger partial charge in [-0.3, -0.25) is 4.79 Å². The molecule has 142 valence electrons. The molecule has 0 radical (unpaired) electrons.